The largest absolute Gasteiger partial charge is 0.505 e. The van der Waals surface area contributed by atoms with Gasteiger partial charge in [-0.05, 0) is 104 Å². The summed E-state index contributed by atoms with van der Waals surface area (Å²) < 4.78 is 13.9. The van der Waals surface area contributed by atoms with Crippen molar-refractivity contribution in [2.45, 2.75) is 44.4 Å². The lowest BCUT2D eigenvalue weighted by Gasteiger charge is -2.36. The van der Waals surface area contributed by atoms with Crippen LogP contribution in [-0.4, -0.2) is 30.1 Å². The first-order chi connectivity index (χ1) is 33.5. The maximum Gasteiger partial charge on any atom is 0.248 e. The first-order valence-electron chi connectivity index (χ1n) is 23.2. The quantitative estimate of drug-likeness (QED) is 0.0503. The third-order valence-corrected chi connectivity index (χ3v) is 14.8. The highest BCUT2D eigenvalue weighted by molar-refractivity contribution is 6.16. The zero-order valence-electron chi connectivity index (χ0n) is 38.2. The van der Waals surface area contributed by atoms with Crippen molar-refractivity contribution < 1.29 is 34.7 Å². The molecule has 1 unspecified atom stereocenters. The third-order valence-electron chi connectivity index (χ3n) is 14.8. The second kappa shape index (κ2) is 15.2. The Labute approximate surface area is 397 Å². The highest BCUT2D eigenvalue weighted by atomic mass is 17.0. The number of benzene rings is 8. The van der Waals surface area contributed by atoms with Crippen LogP contribution in [0.15, 0.2) is 191 Å². The van der Waals surface area contributed by atoms with Gasteiger partial charge in [0.2, 0.25) is 11.2 Å². The van der Waals surface area contributed by atoms with Gasteiger partial charge in [0.05, 0.1) is 11.0 Å². The molecule has 3 aliphatic rings. The number of aromatic hydroxyl groups is 5. The summed E-state index contributed by atoms with van der Waals surface area (Å²) in [5.74, 6) is -2.57. The second-order valence-electron chi connectivity index (χ2n) is 18.6. The van der Waals surface area contributed by atoms with Crippen molar-refractivity contribution in [2.75, 3.05) is 0 Å². The summed E-state index contributed by atoms with van der Waals surface area (Å²) >= 11 is 0. The van der Waals surface area contributed by atoms with E-state index < -0.39 is 28.1 Å². The number of rotatable bonds is 5. The van der Waals surface area contributed by atoms with Crippen LogP contribution in [0.25, 0.3) is 77.3 Å². The standard InChI is InChI=1S/C61H47NO7/c1-5-38-42-28-16-18-30-45(42)60(3,4)47(38)32-34(2)62-51-56(66)50-48(43-29-17-19-31-46(43)61(50,36-21-8-6-9-22-36)37-23-10-7-11-24-37)54(64)58(51)68-69-59-52(62)57(67)53(63)49(55(59)65)44-33-35-20-12-13-25-39(35)40-26-14-15-27-41(40)44/h5-6,8-10,12-33,63-67H,2,7,11H2,1,3-4H3/b38-5-,47-32+. The van der Waals surface area contributed by atoms with Crippen LogP contribution in [0.2, 0.25) is 0 Å². The Kier molecular flexibility index (Phi) is 9.21. The Balaban J connectivity index is 1.27. The molecule has 12 rings (SSSR count). The molecule has 69 heavy (non-hydrogen) atoms. The van der Waals surface area contributed by atoms with Gasteiger partial charge >= 0.3 is 0 Å². The van der Waals surface area contributed by atoms with Gasteiger partial charge in [-0.25, -0.2) is 0 Å². The average Bonchev–Trinajstić information content (AvgIpc) is 3.71. The zero-order valence-corrected chi connectivity index (χ0v) is 38.2. The van der Waals surface area contributed by atoms with Crippen LogP contribution in [0.5, 0.6) is 28.7 Å². The molecule has 338 valence electrons. The predicted octanol–water partition coefficient (Wildman–Crippen LogP) is 15.0. The van der Waals surface area contributed by atoms with Crippen molar-refractivity contribution in [3.63, 3.8) is 0 Å². The molecule has 0 fully saturated rings. The van der Waals surface area contributed by atoms with Crippen LogP contribution in [0.3, 0.4) is 0 Å². The molecule has 0 amide bonds. The lowest BCUT2D eigenvalue weighted by molar-refractivity contribution is 0.0877. The fourth-order valence-corrected chi connectivity index (χ4v) is 11.8. The lowest BCUT2D eigenvalue weighted by Crippen LogP contribution is -2.29. The first-order valence-corrected chi connectivity index (χ1v) is 23.2. The molecule has 8 heteroatoms. The van der Waals surface area contributed by atoms with Crippen LogP contribution in [0, 0.1) is 0 Å². The Hall–Kier alpha value is -8.62. The molecule has 1 heterocycles. The van der Waals surface area contributed by atoms with Gasteiger partial charge in [0.15, 0.2) is 23.0 Å². The van der Waals surface area contributed by atoms with E-state index in [9.17, 15) is 25.5 Å². The summed E-state index contributed by atoms with van der Waals surface area (Å²) in [6.45, 7) is 10.9. The Morgan fingerprint density at radius 1 is 0.609 bits per heavy atom. The number of hydrogen-bond donors (Lipinski definition) is 5. The van der Waals surface area contributed by atoms with E-state index in [1.54, 1.807) is 0 Å². The minimum atomic E-state index is -1.16. The number of allylic oxidation sites excluding steroid dienone is 9. The molecule has 5 N–H and O–H groups in total. The van der Waals surface area contributed by atoms with E-state index >= 15 is 0 Å². The third kappa shape index (κ3) is 5.63. The maximum atomic E-state index is 13.6. The van der Waals surface area contributed by atoms with Crippen molar-refractivity contribution >= 4 is 55.0 Å². The van der Waals surface area contributed by atoms with Gasteiger partial charge < -0.3 is 25.5 Å². The molecule has 3 aliphatic carbocycles. The Bertz CT molecular complexity index is 3910. The van der Waals surface area contributed by atoms with Crippen molar-refractivity contribution in [3.05, 3.63) is 209 Å². The molecule has 8 aromatic carbocycles. The van der Waals surface area contributed by atoms with E-state index in [0.29, 0.717) is 27.6 Å². The van der Waals surface area contributed by atoms with Gasteiger partial charge in [0.1, 0.15) is 16.8 Å². The van der Waals surface area contributed by atoms with Crippen molar-refractivity contribution in [1.82, 2.24) is 4.57 Å². The molecule has 8 nitrogen and oxygen atoms in total. The molecule has 0 saturated heterocycles. The Morgan fingerprint density at radius 3 is 1.93 bits per heavy atom. The summed E-state index contributed by atoms with van der Waals surface area (Å²) in [4.78, 5) is 0. The SMILES string of the molecule is C=C(/C=C1\C(=C/C)c2ccccc2C1(C)C)n1c2c(O)c(O)c(-c3cc4ccccc4c4ccccc34)c(O)c2ooc2c(O)c3c(c(O)c21)C(C1=CCCC=C1)(c1ccccc1)c1ccccc1-3. The van der Waals surface area contributed by atoms with Crippen molar-refractivity contribution in [2.24, 2.45) is 0 Å². The highest BCUT2D eigenvalue weighted by Gasteiger charge is 2.51. The molecule has 0 saturated carbocycles. The van der Waals surface area contributed by atoms with Gasteiger partial charge in [0, 0.05) is 22.2 Å². The monoisotopic (exact) mass is 905 g/mol. The number of aromatic nitrogens is 1. The normalized spacial score (nSPS) is 18.0. The molecule has 0 bridgehead atoms. The molecule has 9 aromatic rings. The summed E-state index contributed by atoms with van der Waals surface area (Å²) in [6.07, 6.45) is 11.9. The highest BCUT2D eigenvalue weighted by Crippen LogP contribution is 2.64. The van der Waals surface area contributed by atoms with Gasteiger partial charge in [-0.3, -0.25) is 13.7 Å². The number of hydrogen-bond acceptors (Lipinski definition) is 7. The smallest absolute Gasteiger partial charge is 0.248 e. The van der Waals surface area contributed by atoms with E-state index in [-0.39, 0.29) is 45.0 Å². The minimum Gasteiger partial charge on any atom is -0.505 e. The van der Waals surface area contributed by atoms with E-state index in [4.69, 9.17) is 9.15 Å². The molecule has 0 aliphatic heterocycles. The van der Waals surface area contributed by atoms with Crippen LogP contribution < -0.4 is 0 Å². The van der Waals surface area contributed by atoms with E-state index in [0.717, 1.165) is 68.0 Å². The summed E-state index contributed by atoms with van der Waals surface area (Å²) in [7, 11) is 0. The van der Waals surface area contributed by atoms with E-state index in [1.807, 2.05) is 140 Å². The number of phenols is 5. The van der Waals surface area contributed by atoms with Crippen LogP contribution in [-0.2, 0) is 10.8 Å². The van der Waals surface area contributed by atoms with Gasteiger partial charge in [-0.1, -0.05) is 172 Å². The molecular formula is C61H47NO7. The van der Waals surface area contributed by atoms with Gasteiger partial charge in [0.25, 0.3) is 0 Å². The topological polar surface area (TPSA) is 132 Å². The van der Waals surface area contributed by atoms with Crippen LogP contribution >= 0.6 is 0 Å². The predicted molar refractivity (Wildman–Crippen MR) is 275 cm³/mol. The van der Waals surface area contributed by atoms with Crippen molar-refractivity contribution in [1.29, 1.82) is 0 Å². The van der Waals surface area contributed by atoms with Crippen LogP contribution in [0.4, 0.5) is 0 Å². The number of phenolic OH excluding ortho intramolecular Hbond substituents is 5. The average molecular weight is 906 g/mol. The molecule has 1 atom stereocenters. The zero-order chi connectivity index (χ0) is 47.5. The molecule has 0 spiro atoms. The molecule has 0 radical (unpaired) electrons. The fourth-order valence-electron chi connectivity index (χ4n) is 11.8. The number of nitrogens with zero attached hydrogens (tertiary/aromatic N) is 1. The Morgan fingerprint density at radius 2 is 1.22 bits per heavy atom. The summed E-state index contributed by atoms with van der Waals surface area (Å²) in [5.41, 5.74) is 5.61. The lowest BCUT2D eigenvalue weighted by atomic mass is 9.66. The van der Waals surface area contributed by atoms with E-state index in [2.05, 4.69) is 50.8 Å². The second-order valence-corrected chi connectivity index (χ2v) is 18.6. The fraction of sp³-hybridized carbons (Fsp3) is 0.115. The minimum absolute atomic E-state index is 0.112. The van der Waals surface area contributed by atoms with Crippen molar-refractivity contribution in [3.8, 4) is 51.0 Å². The summed E-state index contributed by atoms with van der Waals surface area (Å²) in [6, 6.07) is 43.2. The molecule has 1 aromatic heterocycles. The van der Waals surface area contributed by atoms with Gasteiger partial charge in [-0.15, -0.1) is 0 Å². The summed E-state index contributed by atoms with van der Waals surface area (Å²) in [5, 5.41) is 68.0. The van der Waals surface area contributed by atoms with Gasteiger partial charge in [-0.2, -0.15) is 0 Å². The number of fused-ring (bicyclic) bond motifs is 9. The van der Waals surface area contributed by atoms with Crippen LogP contribution in [0.1, 0.15) is 61.4 Å². The van der Waals surface area contributed by atoms with E-state index in [1.165, 1.54) is 4.57 Å². The molecular weight excluding hydrogens is 859 g/mol. The maximum absolute atomic E-state index is 13.6. The first kappa shape index (κ1) is 41.8.